The minimum atomic E-state index is -0.315. The van der Waals surface area contributed by atoms with Gasteiger partial charge < -0.3 is 10.0 Å². The van der Waals surface area contributed by atoms with Crippen LogP contribution >= 0.6 is 23.2 Å². The smallest absolute Gasteiger partial charge is 0.228 e. The number of nitrogens with zero attached hydrogens (tertiary/aromatic N) is 1. The van der Waals surface area contributed by atoms with Gasteiger partial charge in [-0.3, -0.25) is 4.79 Å². The van der Waals surface area contributed by atoms with Gasteiger partial charge in [0.2, 0.25) is 5.91 Å². The van der Waals surface area contributed by atoms with Crippen molar-refractivity contribution in [1.29, 1.82) is 0 Å². The van der Waals surface area contributed by atoms with E-state index in [1.165, 1.54) is 0 Å². The average Bonchev–Trinajstić information content (AvgIpc) is 2.83. The van der Waals surface area contributed by atoms with Crippen LogP contribution in [0.25, 0.3) is 0 Å². The van der Waals surface area contributed by atoms with E-state index in [1.807, 2.05) is 30.3 Å². The molecule has 22 heavy (non-hydrogen) atoms. The molecule has 2 aromatic carbocycles. The van der Waals surface area contributed by atoms with E-state index >= 15 is 0 Å². The van der Waals surface area contributed by atoms with Gasteiger partial charge in [-0.25, -0.2) is 0 Å². The number of carbonyl (C=O) groups is 1. The summed E-state index contributed by atoms with van der Waals surface area (Å²) in [7, 11) is 0. The summed E-state index contributed by atoms with van der Waals surface area (Å²) in [5.41, 5.74) is 1.67. The SMILES string of the molecule is O=C1C[C@@H](c2ccccc2)[C@H](CO)N1c1cc(Cl)cc(Cl)c1. The van der Waals surface area contributed by atoms with Crippen LogP contribution in [0.5, 0.6) is 0 Å². The monoisotopic (exact) mass is 335 g/mol. The zero-order valence-electron chi connectivity index (χ0n) is 11.7. The summed E-state index contributed by atoms with van der Waals surface area (Å²) < 4.78 is 0. The molecule has 2 aromatic rings. The fourth-order valence-electron chi connectivity index (χ4n) is 3.05. The zero-order chi connectivity index (χ0) is 15.7. The molecule has 0 bridgehead atoms. The minimum absolute atomic E-state index is 0.0359. The third-order valence-corrected chi connectivity index (χ3v) is 4.44. The van der Waals surface area contributed by atoms with Crippen LogP contribution in [0.2, 0.25) is 10.0 Å². The topological polar surface area (TPSA) is 40.5 Å². The van der Waals surface area contributed by atoms with Crippen molar-refractivity contribution < 1.29 is 9.90 Å². The van der Waals surface area contributed by atoms with Crippen LogP contribution in [-0.2, 0) is 4.79 Å². The lowest BCUT2D eigenvalue weighted by Gasteiger charge is -2.27. The highest BCUT2D eigenvalue weighted by Crippen LogP contribution is 2.38. The standard InChI is InChI=1S/C17H15Cl2NO2/c18-12-6-13(19)8-14(7-12)20-16(10-21)15(9-17(20)22)11-4-2-1-3-5-11/h1-8,15-16,21H,9-10H2/t15-,16-/m0/s1. The van der Waals surface area contributed by atoms with Crippen molar-refractivity contribution in [2.24, 2.45) is 0 Å². The molecule has 1 saturated heterocycles. The molecule has 1 aliphatic rings. The molecule has 0 aliphatic carbocycles. The molecular weight excluding hydrogens is 321 g/mol. The highest BCUT2D eigenvalue weighted by Gasteiger charge is 2.41. The molecule has 1 fully saturated rings. The summed E-state index contributed by atoms with van der Waals surface area (Å²) in [5.74, 6) is -0.0808. The fourth-order valence-corrected chi connectivity index (χ4v) is 3.56. The molecule has 0 unspecified atom stereocenters. The average molecular weight is 336 g/mol. The first kappa shape index (κ1) is 15.3. The highest BCUT2D eigenvalue weighted by molar-refractivity contribution is 6.35. The van der Waals surface area contributed by atoms with E-state index in [0.717, 1.165) is 5.56 Å². The first-order valence-electron chi connectivity index (χ1n) is 7.04. The molecule has 0 spiro atoms. The third-order valence-electron chi connectivity index (χ3n) is 4.00. The zero-order valence-corrected chi connectivity index (χ0v) is 13.3. The van der Waals surface area contributed by atoms with Gasteiger partial charge in [0.1, 0.15) is 0 Å². The lowest BCUT2D eigenvalue weighted by Crippen LogP contribution is -2.37. The van der Waals surface area contributed by atoms with Crippen molar-refractivity contribution in [2.45, 2.75) is 18.4 Å². The molecule has 2 atom stereocenters. The largest absolute Gasteiger partial charge is 0.394 e. The Balaban J connectivity index is 1.99. The van der Waals surface area contributed by atoms with Gasteiger partial charge in [-0.1, -0.05) is 53.5 Å². The number of amides is 1. The molecule has 1 heterocycles. The van der Waals surface area contributed by atoms with Crippen molar-refractivity contribution in [1.82, 2.24) is 0 Å². The van der Waals surface area contributed by atoms with Gasteiger partial charge in [-0.2, -0.15) is 0 Å². The Bertz CT molecular complexity index is 670. The normalized spacial score (nSPS) is 21.4. The second-order valence-corrected chi connectivity index (χ2v) is 6.24. The Kier molecular flexibility index (Phi) is 4.39. The summed E-state index contributed by atoms with van der Waals surface area (Å²) in [6.07, 6.45) is 0.360. The maximum Gasteiger partial charge on any atom is 0.228 e. The van der Waals surface area contributed by atoms with Gasteiger partial charge in [-0.15, -0.1) is 0 Å². The predicted molar refractivity (Wildman–Crippen MR) is 88.6 cm³/mol. The van der Waals surface area contributed by atoms with E-state index in [4.69, 9.17) is 23.2 Å². The first-order valence-corrected chi connectivity index (χ1v) is 7.79. The molecular formula is C17H15Cl2NO2. The lowest BCUT2D eigenvalue weighted by atomic mass is 9.92. The van der Waals surface area contributed by atoms with E-state index < -0.39 is 0 Å². The van der Waals surface area contributed by atoms with Crippen LogP contribution in [-0.4, -0.2) is 23.7 Å². The van der Waals surface area contributed by atoms with Gasteiger partial charge in [0.05, 0.1) is 12.6 Å². The van der Waals surface area contributed by atoms with Crippen LogP contribution in [0.3, 0.4) is 0 Å². The lowest BCUT2D eigenvalue weighted by molar-refractivity contribution is -0.117. The van der Waals surface area contributed by atoms with Crippen LogP contribution in [0, 0.1) is 0 Å². The molecule has 3 rings (SSSR count). The molecule has 0 radical (unpaired) electrons. The molecule has 1 aliphatic heterocycles. The Morgan fingerprint density at radius 1 is 1.09 bits per heavy atom. The van der Waals surface area contributed by atoms with Crippen LogP contribution in [0.4, 0.5) is 5.69 Å². The Morgan fingerprint density at radius 2 is 1.73 bits per heavy atom. The number of rotatable bonds is 3. The first-order chi connectivity index (χ1) is 10.6. The van der Waals surface area contributed by atoms with Crippen LogP contribution in [0.15, 0.2) is 48.5 Å². The van der Waals surface area contributed by atoms with Crippen molar-refractivity contribution in [3.63, 3.8) is 0 Å². The van der Waals surface area contributed by atoms with Gasteiger partial charge in [0, 0.05) is 28.1 Å². The maximum absolute atomic E-state index is 12.5. The molecule has 0 saturated carbocycles. The predicted octanol–water partition coefficient (Wildman–Crippen LogP) is 3.87. The number of anilines is 1. The van der Waals surface area contributed by atoms with Gasteiger partial charge in [-0.05, 0) is 23.8 Å². The molecule has 114 valence electrons. The number of halogens is 2. The van der Waals surface area contributed by atoms with Gasteiger partial charge in [0.25, 0.3) is 0 Å². The van der Waals surface area contributed by atoms with E-state index in [2.05, 4.69) is 0 Å². The molecule has 3 nitrogen and oxygen atoms in total. The summed E-state index contributed by atoms with van der Waals surface area (Å²) in [4.78, 5) is 14.1. The summed E-state index contributed by atoms with van der Waals surface area (Å²) >= 11 is 12.1. The van der Waals surface area contributed by atoms with Gasteiger partial charge in [0.15, 0.2) is 0 Å². The highest BCUT2D eigenvalue weighted by atomic mass is 35.5. The number of aliphatic hydroxyl groups excluding tert-OH is 1. The number of benzene rings is 2. The summed E-state index contributed by atoms with van der Waals surface area (Å²) in [6, 6.07) is 14.5. The molecule has 5 heteroatoms. The van der Waals surface area contributed by atoms with E-state index in [1.54, 1.807) is 23.1 Å². The maximum atomic E-state index is 12.5. The van der Waals surface area contributed by atoms with Crippen LogP contribution < -0.4 is 4.90 Å². The fraction of sp³-hybridized carbons (Fsp3) is 0.235. The van der Waals surface area contributed by atoms with E-state index in [9.17, 15) is 9.90 Å². The van der Waals surface area contributed by atoms with E-state index in [0.29, 0.717) is 22.2 Å². The number of hydrogen-bond acceptors (Lipinski definition) is 2. The number of hydrogen-bond donors (Lipinski definition) is 1. The van der Waals surface area contributed by atoms with Gasteiger partial charge >= 0.3 is 0 Å². The number of aliphatic hydroxyl groups is 1. The quantitative estimate of drug-likeness (QED) is 0.924. The second kappa shape index (κ2) is 6.29. The van der Waals surface area contributed by atoms with Crippen LogP contribution in [0.1, 0.15) is 17.9 Å². The van der Waals surface area contributed by atoms with Crippen molar-refractivity contribution in [3.8, 4) is 0 Å². The minimum Gasteiger partial charge on any atom is -0.394 e. The van der Waals surface area contributed by atoms with E-state index in [-0.39, 0.29) is 24.5 Å². The molecule has 0 aromatic heterocycles. The Labute approximate surface area is 139 Å². The summed E-state index contributed by atoms with van der Waals surface area (Å²) in [5, 5.41) is 10.8. The van der Waals surface area contributed by atoms with Crippen molar-refractivity contribution >= 4 is 34.8 Å². The number of carbonyl (C=O) groups excluding carboxylic acids is 1. The Morgan fingerprint density at radius 3 is 2.32 bits per heavy atom. The molecule has 1 amide bonds. The molecule has 1 N–H and O–H groups in total. The Hall–Kier alpha value is -1.55. The third kappa shape index (κ3) is 2.84. The second-order valence-electron chi connectivity index (χ2n) is 5.36. The van der Waals surface area contributed by atoms with Crippen molar-refractivity contribution in [2.75, 3.05) is 11.5 Å². The van der Waals surface area contributed by atoms with Crippen molar-refractivity contribution in [3.05, 3.63) is 64.1 Å². The summed E-state index contributed by atoms with van der Waals surface area (Å²) in [6.45, 7) is -0.116.